The molecule has 0 amide bonds. The summed E-state index contributed by atoms with van der Waals surface area (Å²) in [5, 5.41) is 3.41. The summed E-state index contributed by atoms with van der Waals surface area (Å²) < 4.78 is 0. The average Bonchev–Trinajstić information content (AvgIpc) is 2.55. The van der Waals surface area contributed by atoms with Gasteiger partial charge in [-0.15, -0.1) is 0 Å². The van der Waals surface area contributed by atoms with Crippen molar-refractivity contribution in [1.29, 1.82) is 0 Å². The lowest BCUT2D eigenvalue weighted by molar-refractivity contribution is 0.525. The van der Waals surface area contributed by atoms with Gasteiger partial charge in [-0.3, -0.25) is 0 Å². The van der Waals surface area contributed by atoms with Gasteiger partial charge in [0.1, 0.15) is 0 Å². The number of hydrogen-bond donors (Lipinski definition) is 1. The molecule has 64 valence electrons. The van der Waals surface area contributed by atoms with Crippen molar-refractivity contribution in [2.24, 2.45) is 0 Å². The molecule has 1 aromatic rings. The Morgan fingerprint density at radius 2 is 2.00 bits per heavy atom. The van der Waals surface area contributed by atoms with Crippen LogP contribution >= 0.6 is 0 Å². The molecule has 1 atom stereocenters. The Balaban J connectivity index is 2.29. The lowest BCUT2D eigenvalue weighted by atomic mass is 9.82. The van der Waals surface area contributed by atoms with Crippen molar-refractivity contribution in [2.75, 3.05) is 13.1 Å². The molecule has 1 N–H and O–H groups in total. The van der Waals surface area contributed by atoms with Crippen molar-refractivity contribution >= 4 is 0 Å². The minimum atomic E-state index is 0.376. The summed E-state index contributed by atoms with van der Waals surface area (Å²) in [7, 11) is 0. The van der Waals surface area contributed by atoms with Crippen molar-refractivity contribution in [3.63, 3.8) is 0 Å². The van der Waals surface area contributed by atoms with Crippen molar-refractivity contribution in [3.05, 3.63) is 35.9 Å². The van der Waals surface area contributed by atoms with Crippen LogP contribution < -0.4 is 5.32 Å². The highest BCUT2D eigenvalue weighted by Crippen LogP contribution is 2.29. The molecule has 0 unspecified atom stereocenters. The minimum absolute atomic E-state index is 0.376. The molecule has 1 fully saturated rings. The second-order valence-electron chi connectivity index (χ2n) is 3.85. The number of rotatable bonds is 1. The maximum Gasteiger partial charge on any atom is 0.00615 e. The fraction of sp³-hybridized carbons (Fsp3) is 0.455. The van der Waals surface area contributed by atoms with Crippen molar-refractivity contribution in [3.8, 4) is 0 Å². The summed E-state index contributed by atoms with van der Waals surface area (Å²) >= 11 is 0. The first-order valence-corrected chi connectivity index (χ1v) is 4.57. The van der Waals surface area contributed by atoms with E-state index in [1.807, 2.05) is 0 Å². The average molecular weight is 161 g/mol. The fourth-order valence-corrected chi connectivity index (χ4v) is 1.90. The third-order valence-corrected chi connectivity index (χ3v) is 2.84. The zero-order valence-electron chi connectivity index (χ0n) is 7.51. The highest BCUT2D eigenvalue weighted by molar-refractivity contribution is 5.26. The Hall–Kier alpha value is -0.820. The minimum Gasteiger partial charge on any atom is -0.316 e. The van der Waals surface area contributed by atoms with Crippen molar-refractivity contribution in [1.82, 2.24) is 5.32 Å². The van der Waals surface area contributed by atoms with E-state index >= 15 is 0 Å². The molecule has 0 bridgehead atoms. The highest BCUT2D eigenvalue weighted by Gasteiger charge is 2.29. The van der Waals surface area contributed by atoms with E-state index in [1.54, 1.807) is 0 Å². The van der Waals surface area contributed by atoms with Crippen LogP contribution in [0.25, 0.3) is 0 Å². The van der Waals surface area contributed by atoms with E-state index in [9.17, 15) is 0 Å². The predicted octanol–water partition coefficient (Wildman–Crippen LogP) is 1.94. The Kier molecular flexibility index (Phi) is 1.89. The van der Waals surface area contributed by atoms with Crippen LogP contribution in [-0.2, 0) is 5.41 Å². The van der Waals surface area contributed by atoms with E-state index in [1.165, 1.54) is 12.0 Å². The van der Waals surface area contributed by atoms with Crippen LogP contribution in [0.15, 0.2) is 30.3 Å². The molecule has 1 nitrogen and oxygen atoms in total. The van der Waals surface area contributed by atoms with Gasteiger partial charge in [0, 0.05) is 12.0 Å². The van der Waals surface area contributed by atoms with E-state index in [0.717, 1.165) is 13.1 Å². The first-order valence-electron chi connectivity index (χ1n) is 4.57. The zero-order chi connectivity index (χ0) is 8.44. The molecule has 1 heterocycles. The summed E-state index contributed by atoms with van der Waals surface area (Å²) in [4.78, 5) is 0. The van der Waals surface area contributed by atoms with Gasteiger partial charge in [-0.25, -0.2) is 0 Å². The quantitative estimate of drug-likeness (QED) is 0.663. The molecule has 1 saturated heterocycles. The van der Waals surface area contributed by atoms with E-state index in [0.29, 0.717) is 5.41 Å². The Morgan fingerprint density at radius 1 is 1.25 bits per heavy atom. The van der Waals surface area contributed by atoms with E-state index in [4.69, 9.17) is 0 Å². The van der Waals surface area contributed by atoms with Gasteiger partial charge in [0.05, 0.1) is 0 Å². The van der Waals surface area contributed by atoms with Crippen LogP contribution in [0.5, 0.6) is 0 Å². The van der Waals surface area contributed by atoms with Gasteiger partial charge in [0.15, 0.2) is 0 Å². The second kappa shape index (κ2) is 2.91. The first kappa shape index (κ1) is 7.81. The van der Waals surface area contributed by atoms with Gasteiger partial charge < -0.3 is 5.32 Å². The number of nitrogens with one attached hydrogen (secondary N) is 1. The lowest BCUT2D eigenvalue weighted by Gasteiger charge is -2.22. The van der Waals surface area contributed by atoms with Crippen LogP contribution in [0, 0.1) is 0 Å². The SMILES string of the molecule is C[C@]1(c2ccccc2)CCNC1. The topological polar surface area (TPSA) is 12.0 Å². The van der Waals surface area contributed by atoms with E-state index in [-0.39, 0.29) is 0 Å². The maximum absolute atomic E-state index is 3.41. The summed E-state index contributed by atoms with van der Waals surface area (Å²) in [6.45, 7) is 4.62. The van der Waals surface area contributed by atoms with Crippen LogP contribution in [-0.4, -0.2) is 13.1 Å². The second-order valence-corrected chi connectivity index (χ2v) is 3.85. The third kappa shape index (κ3) is 1.25. The van der Waals surface area contributed by atoms with Crippen LogP contribution in [0.3, 0.4) is 0 Å². The molecule has 1 aromatic carbocycles. The lowest BCUT2D eigenvalue weighted by Crippen LogP contribution is -2.24. The van der Waals surface area contributed by atoms with Gasteiger partial charge in [-0.05, 0) is 18.5 Å². The molecule has 0 saturated carbocycles. The standard InChI is InChI=1S/C11H15N/c1-11(7-8-12-9-11)10-5-3-2-4-6-10/h2-6,12H,7-9H2,1H3/t11-/m0/s1. The van der Waals surface area contributed by atoms with Gasteiger partial charge in [0.2, 0.25) is 0 Å². The maximum atomic E-state index is 3.41. The van der Waals surface area contributed by atoms with Crippen molar-refractivity contribution in [2.45, 2.75) is 18.8 Å². The molecule has 0 aliphatic carbocycles. The van der Waals surface area contributed by atoms with E-state index < -0.39 is 0 Å². The molecule has 2 rings (SSSR count). The summed E-state index contributed by atoms with van der Waals surface area (Å²) in [6.07, 6.45) is 1.26. The highest BCUT2D eigenvalue weighted by atomic mass is 14.9. The largest absolute Gasteiger partial charge is 0.316 e. The molecule has 1 aliphatic heterocycles. The van der Waals surface area contributed by atoms with Gasteiger partial charge in [-0.2, -0.15) is 0 Å². The zero-order valence-corrected chi connectivity index (χ0v) is 7.51. The van der Waals surface area contributed by atoms with Gasteiger partial charge in [0.25, 0.3) is 0 Å². The van der Waals surface area contributed by atoms with Crippen LogP contribution in [0.1, 0.15) is 18.9 Å². The number of hydrogen-bond acceptors (Lipinski definition) is 1. The van der Waals surface area contributed by atoms with Gasteiger partial charge >= 0.3 is 0 Å². The Labute approximate surface area is 73.8 Å². The monoisotopic (exact) mass is 161 g/mol. The molecule has 12 heavy (non-hydrogen) atoms. The van der Waals surface area contributed by atoms with Crippen molar-refractivity contribution < 1.29 is 0 Å². The summed E-state index contributed by atoms with van der Waals surface area (Å²) in [6, 6.07) is 10.8. The summed E-state index contributed by atoms with van der Waals surface area (Å²) in [5.41, 5.74) is 1.84. The van der Waals surface area contributed by atoms with E-state index in [2.05, 4.69) is 42.6 Å². The predicted molar refractivity (Wildman–Crippen MR) is 51.3 cm³/mol. The summed E-state index contributed by atoms with van der Waals surface area (Å²) in [5.74, 6) is 0. The van der Waals surface area contributed by atoms with Crippen LogP contribution in [0.2, 0.25) is 0 Å². The molecular weight excluding hydrogens is 146 g/mol. The fourth-order valence-electron chi connectivity index (χ4n) is 1.90. The van der Waals surface area contributed by atoms with Gasteiger partial charge in [-0.1, -0.05) is 37.3 Å². The smallest absolute Gasteiger partial charge is 0.00615 e. The normalized spacial score (nSPS) is 29.1. The Morgan fingerprint density at radius 3 is 2.58 bits per heavy atom. The molecule has 0 spiro atoms. The molecule has 1 aliphatic rings. The molecule has 0 aromatic heterocycles. The molecular formula is C11H15N. The third-order valence-electron chi connectivity index (χ3n) is 2.84. The van der Waals surface area contributed by atoms with Crippen LogP contribution in [0.4, 0.5) is 0 Å². The Bertz CT molecular complexity index is 247. The number of benzene rings is 1. The molecule has 0 radical (unpaired) electrons. The molecule has 1 heteroatoms. The first-order chi connectivity index (χ1) is 5.81.